The Balaban J connectivity index is 2.41. The van der Waals surface area contributed by atoms with Crippen molar-refractivity contribution in [1.82, 2.24) is 4.98 Å². The highest BCUT2D eigenvalue weighted by molar-refractivity contribution is 9.10. The number of benzene rings is 1. The number of carbonyl (C=O) groups excluding carboxylic acids is 1. The highest BCUT2D eigenvalue weighted by Gasteiger charge is 2.20. The molecule has 0 radical (unpaired) electrons. The number of anilines is 2. The summed E-state index contributed by atoms with van der Waals surface area (Å²) in [4.78, 5) is 18.4. The molecule has 2 rings (SSSR count). The number of nitrogens with one attached hydrogen (secondary N) is 1. The number of pyridine rings is 1. The highest BCUT2D eigenvalue weighted by atomic mass is 79.9. The molecule has 3 N–H and O–H groups in total. The van der Waals surface area contributed by atoms with Crippen molar-refractivity contribution >= 4 is 33.3 Å². The van der Waals surface area contributed by atoms with Crippen molar-refractivity contribution in [2.45, 2.75) is 6.92 Å². The minimum absolute atomic E-state index is 0.152. The maximum absolute atomic E-state index is 12.7. The fourth-order valence-corrected chi connectivity index (χ4v) is 2.25. The van der Waals surface area contributed by atoms with E-state index in [0.29, 0.717) is 17.9 Å². The van der Waals surface area contributed by atoms with Gasteiger partial charge in [0.05, 0.1) is 5.56 Å². The van der Waals surface area contributed by atoms with E-state index in [1.165, 1.54) is 0 Å². The fraction of sp³-hybridized carbons (Fsp3) is 0.143. The van der Waals surface area contributed by atoms with Crippen LogP contribution < -0.4 is 16.2 Å². The van der Waals surface area contributed by atoms with Gasteiger partial charge in [-0.25, -0.2) is 10.8 Å². The van der Waals surface area contributed by atoms with Crippen LogP contribution in [0.4, 0.5) is 11.5 Å². The monoisotopic (exact) mass is 334 g/mol. The second kappa shape index (κ2) is 6.49. The Morgan fingerprint density at radius 1 is 1.40 bits per heavy atom. The number of hydrogen-bond acceptors (Lipinski definition) is 4. The second-order valence-corrected chi connectivity index (χ2v) is 4.99. The van der Waals surface area contributed by atoms with Crippen molar-refractivity contribution < 1.29 is 4.79 Å². The number of aromatic nitrogens is 1. The van der Waals surface area contributed by atoms with Crippen LogP contribution in [-0.4, -0.2) is 17.4 Å². The molecular formula is C14H15BrN4O. The summed E-state index contributed by atoms with van der Waals surface area (Å²) in [5.41, 5.74) is 3.71. The van der Waals surface area contributed by atoms with Gasteiger partial charge in [-0.15, -0.1) is 0 Å². The van der Waals surface area contributed by atoms with Crippen LogP contribution >= 0.6 is 15.9 Å². The Hall–Kier alpha value is -1.92. The molecule has 2 aromatic rings. The molecule has 0 atom stereocenters. The molecule has 6 heteroatoms. The summed E-state index contributed by atoms with van der Waals surface area (Å²) in [6.45, 7) is 2.48. The van der Waals surface area contributed by atoms with Crippen LogP contribution in [0, 0.1) is 0 Å². The number of carbonyl (C=O) groups is 1. The molecule has 5 nitrogen and oxygen atoms in total. The zero-order valence-electron chi connectivity index (χ0n) is 11.0. The van der Waals surface area contributed by atoms with Crippen molar-refractivity contribution in [2.24, 2.45) is 5.84 Å². The standard InChI is InChI=1S/C14H15BrN4O/c1-2-19(11-6-4-3-5-7-11)14(20)12-8-10(15)9-17-13(12)18-16/h3-9H,2,16H2,1H3,(H,17,18). The van der Waals surface area contributed by atoms with Gasteiger partial charge in [-0.05, 0) is 41.1 Å². The van der Waals surface area contributed by atoms with Gasteiger partial charge in [0.1, 0.15) is 0 Å². The van der Waals surface area contributed by atoms with Crippen LogP contribution in [0.1, 0.15) is 17.3 Å². The average Bonchev–Trinajstić information content (AvgIpc) is 2.49. The first-order valence-corrected chi connectivity index (χ1v) is 6.95. The van der Waals surface area contributed by atoms with E-state index in [4.69, 9.17) is 5.84 Å². The lowest BCUT2D eigenvalue weighted by Gasteiger charge is -2.22. The number of nitrogen functional groups attached to an aromatic ring is 1. The van der Waals surface area contributed by atoms with Crippen molar-refractivity contribution in [3.63, 3.8) is 0 Å². The Morgan fingerprint density at radius 2 is 2.10 bits per heavy atom. The van der Waals surface area contributed by atoms with Gasteiger partial charge in [0.2, 0.25) is 0 Å². The molecule has 1 aromatic heterocycles. The molecule has 1 amide bonds. The maximum atomic E-state index is 12.7. The smallest absolute Gasteiger partial charge is 0.262 e. The number of nitrogens with two attached hydrogens (primary N) is 1. The van der Waals surface area contributed by atoms with Crippen molar-refractivity contribution in [3.05, 3.63) is 52.6 Å². The first kappa shape index (κ1) is 14.5. The van der Waals surface area contributed by atoms with E-state index >= 15 is 0 Å². The summed E-state index contributed by atoms with van der Waals surface area (Å²) in [6, 6.07) is 11.2. The average molecular weight is 335 g/mol. The molecule has 0 saturated heterocycles. The van der Waals surface area contributed by atoms with Gasteiger partial charge in [0.15, 0.2) is 5.82 Å². The molecule has 0 spiro atoms. The van der Waals surface area contributed by atoms with Crippen LogP contribution in [0.15, 0.2) is 47.1 Å². The minimum atomic E-state index is -0.152. The normalized spacial score (nSPS) is 10.2. The summed E-state index contributed by atoms with van der Waals surface area (Å²) in [6.07, 6.45) is 1.59. The first-order chi connectivity index (χ1) is 9.67. The Bertz CT molecular complexity index is 603. The molecule has 0 fully saturated rings. The molecular weight excluding hydrogens is 320 g/mol. The number of hydrazine groups is 1. The van der Waals surface area contributed by atoms with Gasteiger partial charge >= 0.3 is 0 Å². The lowest BCUT2D eigenvalue weighted by molar-refractivity contribution is 0.0988. The molecule has 0 unspecified atom stereocenters. The first-order valence-electron chi connectivity index (χ1n) is 6.16. The summed E-state index contributed by atoms with van der Waals surface area (Å²) in [7, 11) is 0. The largest absolute Gasteiger partial charge is 0.309 e. The van der Waals surface area contributed by atoms with Crippen molar-refractivity contribution in [3.8, 4) is 0 Å². The highest BCUT2D eigenvalue weighted by Crippen LogP contribution is 2.22. The zero-order valence-corrected chi connectivity index (χ0v) is 12.6. The quantitative estimate of drug-likeness (QED) is 0.666. The summed E-state index contributed by atoms with van der Waals surface area (Å²) < 4.78 is 0.726. The van der Waals surface area contributed by atoms with Gasteiger partial charge < -0.3 is 10.3 Å². The molecule has 0 aliphatic heterocycles. The molecule has 0 aliphatic carbocycles. The lowest BCUT2D eigenvalue weighted by Crippen LogP contribution is -2.31. The predicted octanol–water partition coefficient (Wildman–Crippen LogP) is 2.80. The number of para-hydroxylation sites is 1. The van der Waals surface area contributed by atoms with Gasteiger partial charge in [-0.2, -0.15) is 0 Å². The number of nitrogens with zero attached hydrogens (tertiary/aromatic N) is 2. The second-order valence-electron chi connectivity index (χ2n) is 4.08. The van der Waals surface area contributed by atoms with Crippen molar-refractivity contribution in [2.75, 3.05) is 16.9 Å². The SMILES string of the molecule is CCN(C(=O)c1cc(Br)cnc1NN)c1ccccc1. The number of halogens is 1. The molecule has 0 aliphatic rings. The molecule has 1 aromatic carbocycles. The summed E-state index contributed by atoms with van der Waals surface area (Å²) in [5.74, 6) is 5.62. The number of hydrogen-bond donors (Lipinski definition) is 2. The van der Waals surface area contributed by atoms with E-state index in [1.54, 1.807) is 17.2 Å². The molecule has 1 heterocycles. The zero-order chi connectivity index (χ0) is 14.5. The van der Waals surface area contributed by atoms with E-state index in [9.17, 15) is 4.79 Å². The Kier molecular flexibility index (Phi) is 4.70. The van der Waals surface area contributed by atoms with Crippen LogP contribution in [0.25, 0.3) is 0 Å². The third kappa shape index (κ3) is 2.97. The van der Waals surface area contributed by atoms with Crippen molar-refractivity contribution in [1.29, 1.82) is 0 Å². The van der Waals surface area contributed by atoms with Crippen LogP contribution in [0.3, 0.4) is 0 Å². The Morgan fingerprint density at radius 3 is 2.70 bits per heavy atom. The topological polar surface area (TPSA) is 71.2 Å². The van der Waals surface area contributed by atoms with Gasteiger partial charge in [0.25, 0.3) is 5.91 Å². The Labute approximate surface area is 125 Å². The number of amides is 1. The lowest BCUT2D eigenvalue weighted by atomic mass is 10.2. The van der Waals surface area contributed by atoms with Crippen LogP contribution in [-0.2, 0) is 0 Å². The van der Waals surface area contributed by atoms with E-state index in [2.05, 4.69) is 26.3 Å². The molecule has 20 heavy (non-hydrogen) atoms. The predicted molar refractivity (Wildman–Crippen MR) is 83.5 cm³/mol. The van der Waals surface area contributed by atoms with Crippen LogP contribution in [0.5, 0.6) is 0 Å². The van der Waals surface area contributed by atoms with Gasteiger partial charge in [-0.3, -0.25) is 4.79 Å². The van der Waals surface area contributed by atoms with E-state index < -0.39 is 0 Å². The summed E-state index contributed by atoms with van der Waals surface area (Å²) >= 11 is 3.32. The third-order valence-electron chi connectivity index (χ3n) is 2.85. The third-order valence-corrected chi connectivity index (χ3v) is 3.28. The van der Waals surface area contributed by atoms with E-state index in [0.717, 1.165) is 10.2 Å². The van der Waals surface area contributed by atoms with Crippen LogP contribution in [0.2, 0.25) is 0 Å². The number of rotatable bonds is 4. The van der Waals surface area contributed by atoms with Gasteiger partial charge in [-0.1, -0.05) is 18.2 Å². The summed E-state index contributed by atoms with van der Waals surface area (Å²) in [5, 5.41) is 0. The molecule has 104 valence electrons. The fourth-order valence-electron chi connectivity index (χ4n) is 1.91. The molecule has 0 saturated carbocycles. The van der Waals surface area contributed by atoms with Gasteiger partial charge in [0, 0.05) is 22.9 Å². The molecule has 0 bridgehead atoms. The van der Waals surface area contributed by atoms with E-state index in [-0.39, 0.29) is 5.91 Å². The van der Waals surface area contributed by atoms with E-state index in [1.807, 2.05) is 37.3 Å². The minimum Gasteiger partial charge on any atom is -0.309 e. The maximum Gasteiger partial charge on any atom is 0.262 e.